The predicted octanol–water partition coefficient (Wildman–Crippen LogP) is 4.29. The van der Waals surface area contributed by atoms with Gasteiger partial charge in [0.25, 0.3) is 5.91 Å². The topological polar surface area (TPSA) is 29.1 Å². The summed E-state index contributed by atoms with van der Waals surface area (Å²) in [5.41, 5.74) is 1.19. The number of halogens is 3. The van der Waals surface area contributed by atoms with E-state index in [4.69, 9.17) is 0 Å². The average molecular weight is 326 g/mol. The summed E-state index contributed by atoms with van der Waals surface area (Å²) in [5, 5.41) is 2.53. The van der Waals surface area contributed by atoms with Crippen LogP contribution in [-0.4, -0.2) is 5.91 Å². The maximum Gasteiger partial charge on any atom is 0.258 e. The van der Waals surface area contributed by atoms with Crippen LogP contribution in [0.4, 0.5) is 14.5 Å². The van der Waals surface area contributed by atoms with Crippen LogP contribution < -0.4 is 5.32 Å². The van der Waals surface area contributed by atoms with Gasteiger partial charge in [0.1, 0.15) is 0 Å². The molecule has 0 unspecified atom stereocenters. The first-order valence-electron chi connectivity index (χ1n) is 5.50. The Morgan fingerprint density at radius 2 is 1.95 bits per heavy atom. The zero-order valence-electron chi connectivity index (χ0n) is 10.0. The van der Waals surface area contributed by atoms with Gasteiger partial charge in [0.2, 0.25) is 0 Å². The van der Waals surface area contributed by atoms with Crippen LogP contribution in [0.15, 0.2) is 40.9 Å². The van der Waals surface area contributed by atoms with E-state index < -0.39 is 17.5 Å². The molecule has 0 aromatic heterocycles. The minimum atomic E-state index is -1.15. The van der Waals surface area contributed by atoms with Crippen LogP contribution >= 0.6 is 15.9 Å². The molecule has 0 atom stereocenters. The van der Waals surface area contributed by atoms with Crippen molar-refractivity contribution in [1.29, 1.82) is 0 Å². The Morgan fingerprint density at radius 1 is 1.21 bits per heavy atom. The second-order valence-electron chi connectivity index (χ2n) is 4.04. The minimum Gasteiger partial charge on any atom is -0.321 e. The van der Waals surface area contributed by atoms with Crippen LogP contribution in [0.5, 0.6) is 0 Å². The van der Waals surface area contributed by atoms with E-state index in [0.717, 1.165) is 11.6 Å². The molecule has 19 heavy (non-hydrogen) atoms. The number of rotatable bonds is 2. The van der Waals surface area contributed by atoms with Crippen LogP contribution in [-0.2, 0) is 0 Å². The van der Waals surface area contributed by atoms with E-state index in [-0.39, 0.29) is 5.56 Å². The van der Waals surface area contributed by atoms with Crippen molar-refractivity contribution in [2.75, 3.05) is 5.32 Å². The number of carbonyl (C=O) groups is 1. The summed E-state index contributed by atoms with van der Waals surface area (Å²) in [6.07, 6.45) is 0. The molecular formula is C14H10BrF2NO. The highest BCUT2D eigenvalue weighted by Crippen LogP contribution is 2.24. The molecule has 2 aromatic carbocycles. The van der Waals surface area contributed by atoms with Gasteiger partial charge in [-0.2, -0.15) is 0 Å². The largest absolute Gasteiger partial charge is 0.321 e. The summed E-state index contributed by atoms with van der Waals surface area (Å²) < 4.78 is 27.2. The van der Waals surface area contributed by atoms with Crippen LogP contribution in [0.1, 0.15) is 15.9 Å². The Morgan fingerprint density at radius 3 is 2.63 bits per heavy atom. The second kappa shape index (κ2) is 5.48. The zero-order valence-corrected chi connectivity index (χ0v) is 11.6. The van der Waals surface area contributed by atoms with Gasteiger partial charge in [0.15, 0.2) is 11.6 Å². The van der Waals surface area contributed by atoms with Crippen LogP contribution in [0.25, 0.3) is 0 Å². The molecule has 0 heterocycles. The van der Waals surface area contributed by atoms with Gasteiger partial charge in [0.05, 0.1) is 11.3 Å². The lowest BCUT2D eigenvalue weighted by Crippen LogP contribution is -2.14. The molecule has 5 heteroatoms. The molecule has 0 aliphatic carbocycles. The average Bonchev–Trinajstić information content (AvgIpc) is 2.36. The second-order valence-corrected chi connectivity index (χ2v) is 4.89. The monoisotopic (exact) mass is 325 g/mol. The molecule has 1 amide bonds. The molecule has 0 bridgehead atoms. The van der Waals surface area contributed by atoms with E-state index in [1.54, 1.807) is 6.07 Å². The number of anilines is 1. The Kier molecular flexibility index (Phi) is 3.95. The number of carbonyl (C=O) groups excluding carboxylic acids is 1. The number of benzene rings is 2. The Hall–Kier alpha value is -1.75. The molecule has 0 fully saturated rings. The molecule has 98 valence electrons. The number of aryl methyl sites for hydroxylation is 1. The quantitative estimate of drug-likeness (QED) is 0.876. The fraction of sp³-hybridized carbons (Fsp3) is 0.0714. The van der Waals surface area contributed by atoms with Crippen LogP contribution in [0.2, 0.25) is 0 Å². The first kappa shape index (κ1) is 13.7. The lowest BCUT2D eigenvalue weighted by molar-refractivity contribution is 0.102. The normalized spacial score (nSPS) is 10.3. The number of hydrogen-bond donors (Lipinski definition) is 1. The van der Waals surface area contributed by atoms with Gasteiger partial charge < -0.3 is 5.32 Å². The van der Waals surface area contributed by atoms with Crippen molar-refractivity contribution >= 4 is 27.5 Å². The number of amides is 1. The first-order valence-corrected chi connectivity index (χ1v) is 6.30. The summed E-state index contributed by atoms with van der Waals surface area (Å²) in [4.78, 5) is 11.9. The van der Waals surface area contributed by atoms with E-state index in [1.807, 2.05) is 19.1 Å². The van der Waals surface area contributed by atoms with E-state index >= 15 is 0 Å². The molecule has 2 rings (SSSR count). The molecule has 2 aromatic rings. The third kappa shape index (κ3) is 2.98. The van der Waals surface area contributed by atoms with E-state index in [1.165, 1.54) is 12.1 Å². The lowest BCUT2D eigenvalue weighted by Gasteiger charge is -2.09. The predicted molar refractivity (Wildman–Crippen MR) is 73.2 cm³/mol. The van der Waals surface area contributed by atoms with Crippen molar-refractivity contribution < 1.29 is 13.6 Å². The summed E-state index contributed by atoms with van der Waals surface area (Å²) in [7, 11) is 0. The molecule has 0 radical (unpaired) electrons. The van der Waals surface area contributed by atoms with Crippen molar-refractivity contribution in [3.63, 3.8) is 0 Å². The lowest BCUT2D eigenvalue weighted by atomic mass is 10.1. The minimum absolute atomic E-state index is 0.326. The van der Waals surface area contributed by atoms with Gasteiger partial charge in [-0.05, 0) is 52.7 Å². The summed E-state index contributed by atoms with van der Waals surface area (Å²) in [6.45, 7) is 1.91. The smallest absolute Gasteiger partial charge is 0.258 e. The van der Waals surface area contributed by atoms with Crippen LogP contribution in [0.3, 0.4) is 0 Å². The first-order chi connectivity index (χ1) is 8.99. The standard InChI is InChI=1S/C14H10BrF2NO/c1-8-5-6-12(10(15)7-8)18-14(19)9-3-2-4-11(16)13(9)17/h2-7H,1H3,(H,18,19). The van der Waals surface area contributed by atoms with Crippen molar-refractivity contribution in [3.05, 3.63) is 63.6 Å². The van der Waals surface area contributed by atoms with Gasteiger partial charge in [-0.15, -0.1) is 0 Å². The van der Waals surface area contributed by atoms with Gasteiger partial charge in [0, 0.05) is 4.47 Å². The molecule has 2 nitrogen and oxygen atoms in total. The molecule has 0 saturated carbocycles. The van der Waals surface area contributed by atoms with Gasteiger partial charge in [-0.3, -0.25) is 4.79 Å². The Balaban J connectivity index is 2.28. The van der Waals surface area contributed by atoms with Crippen molar-refractivity contribution in [2.45, 2.75) is 6.92 Å². The highest BCUT2D eigenvalue weighted by Gasteiger charge is 2.15. The van der Waals surface area contributed by atoms with Gasteiger partial charge in [-0.25, -0.2) is 8.78 Å². The Labute approximate surface area is 117 Å². The summed E-state index contributed by atoms with van der Waals surface area (Å²) >= 11 is 3.30. The van der Waals surface area contributed by atoms with Gasteiger partial charge in [-0.1, -0.05) is 12.1 Å². The fourth-order valence-electron chi connectivity index (χ4n) is 1.59. The summed E-state index contributed by atoms with van der Waals surface area (Å²) in [5.74, 6) is -2.89. The van der Waals surface area contributed by atoms with Crippen molar-refractivity contribution in [2.24, 2.45) is 0 Å². The SMILES string of the molecule is Cc1ccc(NC(=O)c2cccc(F)c2F)c(Br)c1. The molecule has 1 N–H and O–H groups in total. The third-order valence-electron chi connectivity index (χ3n) is 2.57. The van der Waals surface area contributed by atoms with E-state index in [9.17, 15) is 13.6 Å². The van der Waals surface area contributed by atoms with E-state index in [2.05, 4.69) is 21.2 Å². The van der Waals surface area contributed by atoms with Crippen LogP contribution in [0, 0.1) is 18.6 Å². The molecule has 0 saturated heterocycles. The molecule has 0 spiro atoms. The zero-order chi connectivity index (χ0) is 14.0. The highest BCUT2D eigenvalue weighted by molar-refractivity contribution is 9.10. The third-order valence-corrected chi connectivity index (χ3v) is 3.23. The number of nitrogens with one attached hydrogen (secondary N) is 1. The molecule has 0 aliphatic rings. The maximum absolute atomic E-state index is 13.5. The number of hydrogen-bond acceptors (Lipinski definition) is 1. The van der Waals surface area contributed by atoms with Gasteiger partial charge >= 0.3 is 0 Å². The molecular weight excluding hydrogens is 316 g/mol. The highest BCUT2D eigenvalue weighted by atomic mass is 79.9. The summed E-state index contributed by atoms with van der Waals surface area (Å²) in [6, 6.07) is 8.80. The van der Waals surface area contributed by atoms with Crippen molar-refractivity contribution in [1.82, 2.24) is 0 Å². The Bertz CT molecular complexity index is 643. The maximum atomic E-state index is 13.5. The molecule has 0 aliphatic heterocycles. The van der Waals surface area contributed by atoms with Crippen molar-refractivity contribution in [3.8, 4) is 0 Å². The van der Waals surface area contributed by atoms with E-state index in [0.29, 0.717) is 10.2 Å². The fourth-order valence-corrected chi connectivity index (χ4v) is 2.18.